The van der Waals surface area contributed by atoms with Crippen LogP contribution in [0.2, 0.25) is 0 Å². The van der Waals surface area contributed by atoms with Gasteiger partial charge in [-0.3, -0.25) is 0 Å². The van der Waals surface area contributed by atoms with Gasteiger partial charge in [0, 0.05) is 6.54 Å². The van der Waals surface area contributed by atoms with Crippen LogP contribution in [-0.4, -0.2) is 23.2 Å². The minimum absolute atomic E-state index is 0.125. The Hall–Kier alpha value is -1.15. The molecule has 0 aliphatic heterocycles. The first-order chi connectivity index (χ1) is 5.53. The summed E-state index contributed by atoms with van der Waals surface area (Å²) in [6, 6.07) is -0.125. The van der Waals surface area contributed by atoms with E-state index in [1.807, 2.05) is 0 Å². The first kappa shape index (κ1) is 8.94. The molecule has 8 heteroatoms. The number of aryl methyl sites for hydroxylation is 1. The van der Waals surface area contributed by atoms with Crippen LogP contribution in [-0.2, 0) is 16.8 Å². The normalized spacial score (nSPS) is 11.5. The Morgan fingerprint density at radius 2 is 2.42 bits per heavy atom. The molecule has 1 aromatic heterocycles. The molecule has 0 atom stereocenters. The quantitative estimate of drug-likeness (QED) is 0.653. The van der Waals surface area contributed by atoms with Crippen molar-refractivity contribution in [2.45, 2.75) is 13.5 Å². The van der Waals surface area contributed by atoms with Crippen LogP contribution in [0.15, 0.2) is 6.33 Å². The van der Waals surface area contributed by atoms with Crippen molar-refractivity contribution in [1.29, 1.82) is 0 Å². The fourth-order valence-electron chi connectivity index (χ4n) is 0.639. The Morgan fingerprint density at radius 3 is 2.92 bits per heavy atom. The highest BCUT2D eigenvalue weighted by atomic mass is 32.2. The molecule has 7 nitrogen and oxygen atoms in total. The maximum absolute atomic E-state index is 10.4. The number of hydrogen-bond donors (Lipinski definition) is 1. The standard InChI is InChI=1S/C4H8N4O3S/c1-2-8-4(6-3-7-8)11-12(5,9)10/h3H,2H2,1H3,(H2,5,9,10). The lowest BCUT2D eigenvalue weighted by molar-refractivity contribution is 0.434. The molecule has 1 rings (SSSR count). The van der Waals surface area contributed by atoms with Gasteiger partial charge in [0.25, 0.3) is 0 Å². The SMILES string of the molecule is CCn1ncnc1OS(N)(=O)=O. The smallest absolute Gasteiger partial charge is 0.332 e. The van der Waals surface area contributed by atoms with Gasteiger partial charge in [-0.15, -0.1) is 0 Å². The van der Waals surface area contributed by atoms with Gasteiger partial charge < -0.3 is 4.18 Å². The van der Waals surface area contributed by atoms with E-state index in [1.54, 1.807) is 6.92 Å². The summed E-state index contributed by atoms with van der Waals surface area (Å²) in [5, 5.41) is 8.30. The summed E-state index contributed by atoms with van der Waals surface area (Å²) in [6.45, 7) is 2.23. The fraction of sp³-hybridized carbons (Fsp3) is 0.500. The zero-order valence-electron chi connectivity index (χ0n) is 6.34. The number of rotatable bonds is 3. The van der Waals surface area contributed by atoms with Crippen molar-refractivity contribution in [3.63, 3.8) is 0 Å². The van der Waals surface area contributed by atoms with Crippen molar-refractivity contribution in [2.24, 2.45) is 5.14 Å². The highest BCUT2D eigenvalue weighted by Gasteiger charge is 2.10. The zero-order chi connectivity index (χ0) is 9.19. The highest BCUT2D eigenvalue weighted by molar-refractivity contribution is 7.84. The molecule has 0 aromatic carbocycles. The molecule has 0 bridgehead atoms. The third kappa shape index (κ3) is 2.17. The van der Waals surface area contributed by atoms with E-state index in [1.165, 1.54) is 11.0 Å². The Labute approximate surface area is 69.4 Å². The van der Waals surface area contributed by atoms with Crippen molar-refractivity contribution >= 4 is 10.3 Å². The van der Waals surface area contributed by atoms with Crippen molar-refractivity contribution in [3.05, 3.63) is 6.33 Å². The van der Waals surface area contributed by atoms with Gasteiger partial charge in [-0.1, -0.05) is 0 Å². The van der Waals surface area contributed by atoms with Crippen molar-refractivity contribution in [3.8, 4) is 6.01 Å². The van der Waals surface area contributed by atoms with Crippen LogP contribution in [0.4, 0.5) is 0 Å². The monoisotopic (exact) mass is 192 g/mol. The summed E-state index contributed by atoms with van der Waals surface area (Å²) >= 11 is 0. The Bertz CT molecular complexity index is 356. The van der Waals surface area contributed by atoms with E-state index < -0.39 is 10.3 Å². The van der Waals surface area contributed by atoms with E-state index in [0.29, 0.717) is 6.54 Å². The summed E-state index contributed by atoms with van der Waals surface area (Å²) in [5.41, 5.74) is 0. The first-order valence-electron chi connectivity index (χ1n) is 3.13. The maximum atomic E-state index is 10.4. The lowest BCUT2D eigenvalue weighted by Crippen LogP contribution is -2.21. The minimum Gasteiger partial charge on any atom is -0.332 e. The lowest BCUT2D eigenvalue weighted by atomic mass is 10.8. The molecule has 1 aromatic rings. The molecule has 0 amide bonds. The third-order valence-corrected chi connectivity index (χ3v) is 1.45. The van der Waals surface area contributed by atoms with Crippen LogP contribution >= 0.6 is 0 Å². The molecule has 0 fully saturated rings. The molecule has 0 saturated carbocycles. The number of nitrogens with zero attached hydrogens (tertiary/aromatic N) is 3. The van der Waals surface area contributed by atoms with Gasteiger partial charge in [0.15, 0.2) is 0 Å². The van der Waals surface area contributed by atoms with Crippen LogP contribution in [0.5, 0.6) is 6.01 Å². The van der Waals surface area contributed by atoms with E-state index in [0.717, 1.165) is 0 Å². The van der Waals surface area contributed by atoms with E-state index in [9.17, 15) is 8.42 Å². The van der Waals surface area contributed by atoms with Crippen molar-refractivity contribution < 1.29 is 12.6 Å². The van der Waals surface area contributed by atoms with Crippen LogP contribution in [0.3, 0.4) is 0 Å². The van der Waals surface area contributed by atoms with Gasteiger partial charge in [0.1, 0.15) is 6.33 Å². The molecular formula is C4H8N4O3S. The lowest BCUT2D eigenvalue weighted by Gasteiger charge is -2.00. The molecule has 0 saturated heterocycles. The average molecular weight is 192 g/mol. The molecule has 68 valence electrons. The average Bonchev–Trinajstić information content (AvgIpc) is 2.31. The van der Waals surface area contributed by atoms with E-state index >= 15 is 0 Å². The third-order valence-electron chi connectivity index (χ3n) is 1.07. The maximum Gasteiger partial charge on any atom is 0.382 e. The summed E-state index contributed by atoms with van der Waals surface area (Å²) in [4.78, 5) is 3.54. The van der Waals surface area contributed by atoms with Gasteiger partial charge in [-0.2, -0.15) is 23.6 Å². The fourth-order valence-corrected chi connectivity index (χ4v) is 0.976. The molecule has 0 radical (unpaired) electrons. The largest absolute Gasteiger partial charge is 0.382 e. The van der Waals surface area contributed by atoms with Gasteiger partial charge in [0.2, 0.25) is 0 Å². The number of aromatic nitrogens is 3. The predicted octanol–water partition coefficient (Wildman–Crippen LogP) is -1.12. The molecule has 12 heavy (non-hydrogen) atoms. The molecule has 2 N–H and O–H groups in total. The number of nitrogens with two attached hydrogens (primary N) is 1. The molecule has 0 unspecified atom stereocenters. The van der Waals surface area contributed by atoms with Crippen LogP contribution in [0.1, 0.15) is 6.92 Å². The van der Waals surface area contributed by atoms with E-state index in [-0.39, 0.29) is 6.01 Å². The molecule has 1 heterocycles. The summed E-state index contributed by atoms with van der Waals surface area (Å²) in [5.74, 6) is 0. The van der Waals surface area contributed by atoms with Gasteiger partial charge >= 0.3 is 16.3 Å². The second-order valence-corrected chi connectivity index (χ2v) is 3.09. The summed E-state index contributed by atoms with van der Waals surface area (Å²) in [7, 11) is -4.00. The van der Waals surface area contributed by atoms with Crippen molar-refractivity contribution in [2.75, 3.05) is 0 Å². The Kier molecular flexibility index (Phi) is 2.29. The van der Waals surface area contributed by atoms with Crippen LogP contribution in [0, 0.1) is 0 Å². The minimum atomic E-state index is -4.00. The number of hydrogen-bond acceptors (Lipinski definition) is 5. The Balaban J connectivity index is 2.89. The Morgan fingerprint density at radius 1 is 1.75 bits per heavy atom. The zero-order valence-corrected chi connectivity index (χ0v) is 7.15. The topological polar surface area (TPSA) is 100 Å². The van der Waals surface area contributed by atoms with E-state index in [4.69, 9.17) is 0 Å². The van der Waals surface area contributed by atoms with E-state index in [2.05, 4.69) is 19.4 Å². The predicted molar refractivity (Wildman–Crippen MR) is 39.4 cm³/mol. The second kappa shape index (κ2) is 3.07. The highest BCUT2D eigenvalue weighted by Crippen LogP contribution is 2.04. The molecule has 0 spiro atoms. The molecule has 0 aliphatic rings. The van der Waals surface area contributed by atoms with Gasteiger partial charge in [0.05, 0.1) is 0 Å². The molecule has 0 aliphatic carbocycles. The summed E-state index contributed by atoms with van der Waals surface area (Å²) < 4.78 is 26.5. The first-order valence-corrected chi connectivity index (χ1v) is 4.60. The van der Waals surface area contributed by atoms with Crippen molar-refractivity contribution in [1.82, 2.24) is 14.8 Å². The summed E-state index contributed by atoms with van der Waals surface area (Å²) in [6.07, 6.45) is 1.18. The van der Waals surface area contributed by atoms with Crippen LogP contribution in [0.25, 0.3) is 0 Å². The van der Waals surface area contributed by atoms with Crippen LogP contribution < -0.4 is 9.32 Å². The van der Waals surface area contributed by atoms with Gasteiger partial charge in [-0.25, -0.2) is 4.68 Å². The molecular weight excluding hydrogens is 184 g/mol. The van der Waals surface area contributed by atoms with Gasteiger partial charge in [-0.05, 0) is 6.92 Å². The second-order valence-electron chi connectivity index (χ2n) is 1.93.